The molecular formula is C56H66N4O10. The molecule has 2 aliphatic rings. The van der Waals surface area contributed by atoms with Crippen molar-refractivity contribution in [3.63, 3.8) is 0 Å². The molecule has 0 aliphatic carbocycles. The number of aliphatic hydroxyl groups is 4. The summed E-state index contributed by atoms with van der Waals surface area (Å²) in [5, 5.41) is 73.2. The zero-order chi connectivity index (χ0) is 50.2. The van der Waals surface area contributed by atoms with Gasteiger partial charge >= 0.3 is 11.9 Å². The predicted octanol–water partition coefficient (Wildman–Crippen LogP) is 6.32. The third kappa shape index (κ3) is 14.3. The number of aliphatic carboxylic acids is 2. The lowest BCUT2D eigenvalue weighted by Gasteiger charge is -2.43. The Bertz CT molecular complexity index is 2200. The summed E-state index contributed by atoms with van der Waals surface area (Å²) in [6, 6.07) is 57.1. The van der Waals surface area contributed by atoms with Gasteiger partial charge in [0.1, 0.15) is 11.5 Å². The summed E-state index contributed by atoms with van der Waals surface area (Å²) in [6.07, 6.45) is -5.68. The number of phenols is 2. The maximum absolute atomic E-state index is 10.8. The second-order valence-corrected chi connectivity index (χ2v) is 17.7. The van der Waals surface area contributed by atoms with Crippen molar-refractivity contribution in [2.45, 2.75) is 62.4 Å². The van der Waals surface area contributed by atoms with Gasteiger partial charge in [-0.2, -0.15) is 0 Å². The molecular weight excluding hydrogens is 889 g/mol. The van der Waals surface area contributed by atoms with Crippen molar-refractivity contribution >= 4 is 11.9 Å². The van der Waals surface area contributed by atoms with Crippen molar-refractivity contribution in [3.05, 3.63) is 203 Å². The molecule has 0 bridgehead atoms. The van der Waals surface area contributed by atoms with E-state index >= 15 is 0 Å². The maximum Gasteiger partial charge on any atom is 0.335 e. The summed E-state index contributed by atoms with van der Waals surface area (Å²) >= 11 is 0. The molecule has 70 heavy (non-hydrogen) atoms. The highest BCUT2D eigenvalue weighted by Crippen LogP contribution is 2.33. The van der Waals surface area contributed by atoms with Crippen LogP contribution in [0.1, 0.15) is 71.5 Å². The van der Waals surface area contributed by atoms with E-state index in [1.807, 2.05) is 0 Å². The second-order valence-electron chi connectivity index (χ2n) is 17.7. The molecule has 14 nitrogen and oxygen atoms in total. The molecule has 8 rings (SSSR count). The van der Waals surface area contributed by atoms with Crippen molar-refractivity contribution in [2.75, 3.05) is 52.4 Å². The number of hydrogen-bond acceptors (Lipinski definition) is 12. The average Bonchev–Trinajstić information content (AvgIpc) is 3.40. The van der Waals surface area contributed by atoms with Gasteiger partial charge in [-0.05, 0) is 71.5 Å². The molecule has 6 aromatic rings. The van der Waals surface area contributed by atoms with E-state index in [4.69, 9.17) is 20.4 Å². The molecule has 0 spiro atoms. The summed E-state index contributed by atoms with van der Waals surface area (Å²) in [6.45, 7) is 11.6. The number of piperazine rings is 2. The summed E-state index contributed by atoms with van der Waals surface area (Å²) in [4.78, 5) is 29.4. The lowest BCUT2D eigenvalue weighted by Crippen LogP contribution is -2.51. The molecule has 2 fully saturated rings. The van der Waals surface area contributed by atoms with E-state index in [9.17, 15) is 30.0 Å². The fraction of sp³-hybridized carbons (Fsp3) is 0.321. The average molecular weight is 955 g/mol. The molecule has 2 aliphatic heterocycles. The van der Waals surface area contributed by atoms with Crippen LogP contribution in [0.3, 0.4) is 0 Å². The number of aliphatic hydroxyl groups excluding tert-OH is 4. The molecule has 8 N–H and O–H groups in total. The molecule has 0 amide bonds. The van der Waals surface area contributed by atoms with Gasteiger partial charge in [-0.1, -0.05) is 146 Å². The summed E-state index contributed by atoms with van der Waals surface area (Å²) in [7, 11) is 0. The van der Waals surface area contributed by atoms with Crippen LogP contribution in [0.5, 0.6) is 11.5 Å². The quantitative estimate of drug-likeness (QED) is 0.0567. The van der Waals surface area contributed by atoms with Crippen LogP contribution in [0, 0.1) is 0 Å². The molecule has 0 saturated carbocycles. The maximum atomic E-state index is 10.8. The Morgan fingerprint density at radius 3 is 0.814 bits per heavy atom. The Morgan fingerprint density at radius 1 is 0.357 bits per heavy atom. The topological polar surface area (TPSA) is 209 Å². The smallest absolute Gasteiger partial charge is 0.335 e. The van der Waals surface area contributed by atoms with Gasteiger partial charge in [-0.15, -0.1) is 0 Å². The van der Waals surface area contributed by atoms with Crippen molar-refractivity contribution < 1.29 is 50.4 Å². The number of carbonyl (C=O) groups is 2. The van der Waals surface area contributed by atoms with Gasteiger partial charge in [0.15, 0.2) is 12.2 Å². The molecule has 14 heteroatoms. The molecule has 6 atom stereocenters. The van der Waals surface area contributed by atoms with Gasteiger partial charge < -0.3 is 40.9 Å². The standard InChI is InChI=1S/2C26H30N2O2.C4H6O6/c2*1-20(26(30)23-12-14-24(29)15-13-23)27-16-18-28(19-17-27)25(21-8-4-2-5-9-21)22-10-6-3-7-11-22;5-1(3(7)8)2(6)4(9)10/h2*2-15,20,25-26,29-30H,16-19H2,1H3;1-2,5-6H,(H,7,8)(H,9,10)/t2*20-,26+;1-,2-/m111/s1. The highest BCUT2D eigenvalue weighted by molar-refractivity contribution is 5.83. The largest absolute Gasteiger partial charge is 0.508 e. The van der Waals surface area contributed by atoms with Crippen molar-refractivity contribution in [1.82, 2.24) is 19.6 Å². The minimum Gasteiger partial charge on any atom is -0.508 e. The molecule has 0 unspecified atom stereocenters. The number of nitrogens with zero attached hydrogens (tertiary/aromatic N) is 4. The molecule has 370 valence electrons. The summed E-state index contributed by atoms with van der Waals surface area (Å²) < 4.78 is 0. The predicted molar refractivity (Wildman–Crippen MR) is 268 cm³/mol. The van der Waals surface area contributed by atoms with Gasteiger partial charge in [0.05, 0.1) is 24.3 Å². The first-order valence-corrected chi connectivity index (χ1v) is 23.6. The summed E-state index contributed by atoms with van der Waals surface area (Å²) in [5.41, 5.74) is 6.94. The zero-order valence-corrected chi connectivity index (χ0v) is 39.6. The Hall–Kier alpha value is -6.46. The molecule has 2 heterocycles. The molecule has 6 aromatic carbocycles. The van der Waals surface area contributed by atoms with Gasteiger partial charge in [-0.25, -0.2) is 9.59 Å². The Labute approximate surface area is 410 Å². The van der Waals surface area contributed by atoms with Crippen molar-refractivity contribution in [3.8, 4) is 11.5 Å². The first-order valence-electron chi connectivity index (χ1n) is 23.6. The van der Waals surface area contributed by atoms with Crippen LogP contribution in [0.25, 0.3) is 0 Å². The van der Waals surface area contributed by atoms with E-state index in [0.717, 1.165) is 63.5 Å². The van der Waals surface area contributed by atoms with E-state index in [1.54, 1.807) is 48.5 Å². The van der Waals surface area contributed by atoms with Crippen LogP contribution in [-0.2, 0) is 9.59 Å². The number of rotatable bonds is 15. The van der Waals surface area contributed by atoms with Crippen LogP contribution >= 0.6 is 0 Å². The first kappa shape index (κ1) is 52.9. The van der Waals surface area contributed by atoms with E-state index < -0.39 is 36.4 Å². The highest BCUT2D eigenvalue weighted by Gasteiger charge is 2.33. The minimum atomic E-state index is -2.27. The Balaban J connectivity index is 0.000000193. The third-order valence-corrected chi connectivity index (χ3v) is 13.2. The molecule has 2 saturated heterocycles. The van der Waals surface area contributed by atoms with Gasteiger partial charge in [0.2, 0.25) is 0 Å². The van der Waals surface area contributed by atoms with E-state index in [2.05, 4.69) is 155 Å². The number of aromatic hydroxyl groups is 2. The molecule has 0 aromatic heterocycles. The normalized spacial score (nSPS) is 17.4. The first-order chi connectivity index (χ1) is 33.7. The Morgan fingerprint density at radius 2 is 0.586 bits per heavy atom. The number of hydrogen-bond donors (Lipinski definition) is 8. The number of phenolic OH excluding ortho intramolecular Hbond substituents is 2. The fourth-order valence-corrected chi connectivity index (χ4v) is 9.14. The van der Waals surface area contributed by atoms with Crippen LogP contribution in [-0.4, -0.2) is 149 Å². The van der Waals surface area contributed by atoms with Gasteiger partial charge in [0.25, 0.3) is 0 Å². The number of carboxylic acid groups (broad SMARTS) is 2. The van der Waals surface area contributed by atoms with Crippen LogP contribution < -0.4 is 0 Å². The highest BCUT2D eigenvalue weighted by atomic mass is 16.4. The van der Waals surface area contributed by atoms with E-state index in [1.165, 1.54) is 22.3 Å². The lowest BCUT2D eigenvalue weighted by atomic mass is 9.96. The zero-order valence-electron chi connectivity index (χ0n) is 39.6. The van der Waals surface area contributed by atoms with Crippen molar-refractivity contribution in [2.24, 2.45) is 0 Å². The van der Waals surface area contributed by atoms with E-state index in [-0.39, 0.29) is 35.7 Å². The number of carboxylic acids is 2. The fourth-order valence-electron chi connectivity index (χ4n) is 9.14. The number of benzene rings is 6. The summed E-state index contributed by atoms with van der Waals surface area (Å²) in [5.74, 6) is -3.09. The molecule has 0 radical (unpaired) electrons. The lowest BCUT2D eigenvalue weighted by molar-refractivity contribution is -0.165. The second kappa shape index (κ2) is 25.9. The monoisotopic (exact) mass is 954 g/mol. The third-order valence-electron chi connectivity index (χ3n) is 13.2. The van der Waals surface area contributed by atoms with E-state index in [0.29, 0.717) is 0 Å². The Kier molecular flexibility index (Phi) is 19.6. The van der Waals surface area contributed by atoms with Crippen LogP contribution in [0.4, 0.5) is 0 Å². The van der Waals surface area contributed by atoms with Gasteiger partial charge in [0, 0.05) is 64.4 Å². The van der Waals surface area contributed by atoms with Crippen LogP contribution in [0.2, 0.25) is 0 Å². The van der Waals surface area contributed by atoms with Gasteiger partial charge in [-0.3, -0.25) is 19.6 Å². The SMILES string of the molecule is C[C@H]([C@H](O)c1ccc(O)cc1)N1CCN(C(c2ccccc2)c2ccccc2)CC1.C[C@H]([C@H](O)c1ccc(O)cc1)N1CCN(C(c2ccccc2)c2ccccc2)CC1.O=C(O)[C@H](O)[C@@H](O)C(=O)O. The van der Waals surface area contributed by atoms with Crippen molar-refractivity contribution in [1.29, 1.82) is 0 Å². The minimum absolute atomic E-state index is 0.0172. The van der Waals surface area contributed by atoms with Crippen LogP contribution in [0.15, 0.2) is 170 Å².